The van der Waals surface area contributed by atoms with Crippen LogP contribution in [0.15, 0.2) is 67.3 Å². The fourth-order valence-electron chi connectivity index (χ4n) is 3.13. The fourth-order valence-corrected chi connectivity index (χ4v) is 3.13. The number of nitrogens with zero attached hydrogens (tertiary/aromatic N) is 5. The first-order chi connectivity index (χ1) is 13.5. The molecular formula is C22H27N5O. The fraction of sp³-hybridized carbons (Fsp3) is 0.318. The Labute approximate surface area is 166 Å². The van der Waals surface area contributed by atoms with Crippen LogP contribution in [0, 0.1) is 0 Å². The highest BCUT2D eigenvalue weighted by molar-refractivity contribution is 5.78. The van der Waals surface area contributed by atoms with Crippen LogP contribution in [0.4, 0.5) is 0 Å². The van der Waals surface area contributed by atoms with E-state index in [0.717, 1.165) is 16.8 Å². The average Bonchev–Trinajstić information content (AvgIpc) is 3.27. The molecule has 1 heterocycles. The van der Waals surface area contributed by atoms with Gasteiger partial charge in [0, 0.05) is 13.1 Å². The Bertz CT molecular complexity index is 877. The second kappa shape index (κ2) is 8.80. The maximum Gasteiger partial charge on any atom is 0.237 e. The Morgan fingerprint density at radius 2 is 1.61 bits per heavy atom. The summed E-state index contributed by atoms with van der Waals surface area (Å²) < 4.78 is 1.72. The molecule has 0 N–H and O–H groups in total. The van der Waals surface area contributed by atoms with Gasteiger partial charge in [-0.25, -0.2) is 9.67 Å². The van der Waals surface area contributed by atoms with E-state index in [1.807, 2.05) is 49.3 Å². The number of carbonyl (C=O) groups excluding carboxylic acids is 1. The van der Waals surface area contributed by atoms with Crippen molar-refractivity contribution in [1.29, 1.82) is 0 Å². The first-order valence-corrected chi connectivity index (χ1v) is 9.43. The molecule has 1 aromatic heterocycles. The third kappa shape index (κ3) is 4.46. The highest BCUT2D eigenvalue weighted by Gasteiger charge is 2.21. The van der Waals surface area contributed by atoms with Gasteiger partial charge in [-0.1, -0.05) is 42.5 Å². The lowest BCUT2D eigenvalue weighted by Crippen LogP contribution is -2.38. The van der Waals surface area contributed by atoms with Gasteiger partial charge in [0.1, 0.15) is 12.7 Å². The zero-order valence-electron chi connectivity index (χ0n) is 16.9. The summed E-state index contributed by atoms with van der Waals surface area (Å²) in [4.78, 5) is 20.6. The molecule has 0 aliphatic rings. The molecule has 0 radical (unpaired) electrons. The number of amides is 1. The quantitative estimate of drug-likeness (QED) is 0.633. The van der Waals surface area contributed by atoms with Gasteiger partial charge in [-0.15, -0.1) is 0 Å². The summed E-state index contributed by atoms with van der Waals surface area (Å²) in [7, 11) is 3.85. The zero-order chi connectivity index (χ0) is 20.1. The first-order valence-electron chi connectivity index (χ1n) is 9.43. The van der Waals surface area contributed by atoms with Gasteiger partial charge in [0.05, 0.1) is 18.3 Å². The Balaban J connectivity index is 1.61. The van der Waals surface area contributed by atoms with Gasteiger partial charge < -0.3 is 4.90 Å². The maximum atomic E-state index is 12.8. The Hall–Kier alpha value is -2.99. The monoisotopic (exact) mass is 377 g/mol. The van der Waals surface area contributed by atoms with Crippen molar-refractivity contribution in [1.82, 2.24) is 24.6 Å². The molecule has 0 unspecified atom stereocenters. The molecule has 3 rings (SSSR count). The van der Waals surface area contributed by atoms with Gasteiger partial charge >= 0.3 is 0 Å². The van der Waals surface area contributed by atoms with Crippen molar-refractivity contribution in [2.75, 3.05) is 20.6 Å². The molecule has 0 aliphatic heterocycles. The van der Waals surface area contributed by atoms with E-state index < -0.39 is 0 Å². The van der Waals surface area contributed by atoms with Crippen molar-refractivity contribution in [3.8, 4) is 5.69 Å². The van der Waals surface area contributed by atoms with Crippen LogP contribution < -0.4 is 0 Å². The molecule has 0 saturated carbocycles. The van der Waals surface area contributed by atoms with E-state index in [4.69, 9.17) is 0 Å². The molecule has 3 aromatic rings. The summed E-state index contributed by atoms with van der Waals surface area (Å²) in [5.41, 5.74) is 3.25. The predicted octanol–water partition coefficient (Wildman–Crippen LogP) is 3.48. The van der Waals surface area contributed by atoms with Crippen LogP contribution in [0.5, 0.6) is 0 Å². The van der Waals surface area contributed by atoms with Gasteiger partial charge in [-0.05, 0) is 44.2 Å². The van der Waals surface area contributed by atoms with Crippen molar-refractivity contribution in [3.05, 3.63) is 78.4 Å². The summed E-state index contributed by atoms with van der Waals surface area (Å²) in [5, 5.41) is 4.14. The van der Waals surface area contributed by atoms with E-state index in [9.17, 15) is 4.79 Å². The molecule has 146 valence electrons. The van der Waals surface area contributed by atoms with Crippen LogP contribution in [0.1, 0.15) is 37.1 Å². The smallest absolute Gasteiger partial charge is 0.237 e. The van der Waals surface area contributed by atoms with Gasteiger partial charge in [-0.2, -0.15) is 5.10 Å². The second-order valence-corrected chi connectivity index (χ2v) is 7.11. The van der Waals surface area contributed by atoms with Gasteiger partial charge in [0.25, 0.3) is 0 Å². The van der Waals surface area contributed by atoms with Gasteiger partial charge in [0.15, 0.2) is 0 Å². The lowest BCUT2D eigenvalue weighted by molar-refractivity contribution is -0.133. The molecule has 2 atom stereocenters. The summed E-state index contributed by atoms with van der Waals surface area (Å²) in [6, 6.07) is 18.4. The summed E-state index contributed by atoms with van der Waals surface area (Å²) in [6.07, 6.45) is 3.19. The SMILES string of the molecule is C[C@H](c1ccc(-n2cncn2)cc1)N(C)CC(=O)N(C)[C@H](C)c1ccccc1. The first kappa shape index (κ1) is 19.8. The minimum atomic E-state index is 0.0411. The molecule has 0 spiro atoms. The Morgan fingerprint density at radius 3 is 2.21 bits per heavy atom. The molecule has 28 heavy (non-hydrogen) atoms. The van der Waals surface area contributed by atoms with Crippen LogP contribution in [0.3, 0.4) is 0 Å². The number of hydrogen-bond acceptors (Lipinski definition) is 4. The molecule has 6 heteroatoms. The summed E-state index contributed by atoms with van der Waals surface area (Å²) in [6.45, 7) is 4.53. The number of aromatic nitrogens is 3. The van der Waals surface area contributed by atoms with E-state index in [2.05, 4.69) is 53.1 Å². The van der Waals surface area contributed by atoms with Crippen LogP contribution in [0.25, 0.3) is 5.69 Å². The number of carbonyl (C=O) groups is 1. The maximum absolute atomic E-state index is 12.8. The molecule has 0 saturated heterocycles. The Morgan fingerprint density at radius 1 is 0.964 bits per heavy atom. The second-order valence-electron chi connectivity index (χ2n) is 7.11. The topological polar surface area (TPSA) is 54.3 Å². The minimum Gasteiger partial charge on any atom is -0.338 e. The van der Waals surface area contributed by atoms with E-state index >= 15 is 0 Å². The van der Waals surface area contributed by atoms with Crippen molar-refractivity contribution in [2.45, 2.75) is 25.9 Å². The number of hydrogen-bond donors (Lipinski definition) is 0. The third-order valence-corrected chi connectivity index (χ3v) is 5.36. The molecular weight excluding hydrogens is 350 g/mol. The highest BCUT2D eigenvalue weighted by atomic mass is 16.2. The average molecular weight is 377 g/mol. The number of likely N-dealkylation sites (N-methyl/N-ethyl adjacent to an activating group) is 2. The Kier molecular flexibility index (Phi) is 6.21. The van der Waals surface area contributed by atoms with E-state index in [0.29, 0.717) is 6.54 Å². The lowest BCUT2D eigenvalue weighted by atomic mass is 10.1. The van der Waals surface area contributed by atoms with Crippen molar-refractivity contribution in [3.63, 3.8) is 0 Å². The zero-order valence-corrected chi connectivity index (χ0v) is 16.9. The summed E-state index contributed by atoms with van der Waals surface area (Å²) >= 11 is 0. The molecule has 0 aliphatic carbocycles. The van der Waals surface area contributed by atoms with Gasteiger partial charge in [0.2, 0.25) is 5.91 Å². The van der Waals surface area contributed by atoms with Crippen molar-refractivity contribution in [2.24, 2.45) is 0 Å². The third-order valence-electron chi connectivity index (χ3n) is 5.36. The normalized spacial score (nSPS) is 13.3. The lowest BCUT2D eigenvalue weighted by Gasteiger charge is -2.30. The van der Waals surface area contributed by atoms with Crippen LogP contribution in [-0.2, 0) is 4.79 Å². The van der Waals surface area contributed by atoms with E-state index in [1.54, 1.807) is 11.0 Å². The van der Waals surface area contributed by atoms with Crippen LogP contribution in [-0.4, -0.2) is 51.1 Å². The molecule has 6 nitrogen and oxygen atoms in total. The molecule has 0 fully saturated rings. The van der Waals surface area contributed by atoms with Crippen LogP contribution in [0.2, 0.25) is 0 Å². The summed E-state index contributed by atoms with van der Waals surface area (Å²) in [5.74, 6) is 0.102. The predicted molar refractivity (Wildman–Crippen MR) is 110 cm³/mol. The van der Waals surface area contributed by atoms with Crippen LogP contribution >= 0.6 is 0 Å². The number of rotatable bonds is 7. The number of benzene rings is 2. The van der Waals surface area contributed by atoms with Gasteiger partial charge in [-0.3, -0.25) is 9.69 Å². The molecule has 1 amide bonds. The standard InChI is InChI=1S/C22H27N5O/c1-17(20-10-12-21(13-11-20)27-16-23-15-24-27)25(3)14-22(28)26(4)18(2)19-8-6-5-7-9-19/h5-13,15-18H,14H2,1-4H3/t17-,18-/m1/s1. The van der Waals surface area contributed by atoms with E-state index in [1.165, 1.54) is 6.33 Å². The minimum absolute atomic E-state index is 0.0411. The largest absolute Gasteiger partial charge is 0.338 e. The molecule has 0 bridgehead atoms. The van der Waals surface area contributed by atoms with Crippen molar-refractivity contribution >= 4 is 5.91 Å². The van der Waals surface area contributed by atoms with E-state index in [-0.39, 0.29) is 18.0 Å². The highest BCUT2D eigenvalue weighted by Crippen LogP contribution is 2.22. The molecule has 2 aromatic carbocycles. The van der Waals surface area contributed by atoms with Crippen molar-refractivity contribution < 1.29 is 4.79 Å².